The topological polar surface area (TPSA) is 50.3 Å². The first-order valence-corrected chi connectivity index (χ1v) is 8.53. The highest BCUT2D eigenvalue weighted by molar-refractivity contribution is 7.10. The Kier molecular flexibility index (Phi) is 5.02. The second-order valence-electron chi connectivity index (χ2n) is 5.61. The molecule has 118 valence electrons. The number of ether oxygens (including phenoxy) is 1. The molecule has 1 aliphatic rings. The predicted octanol–water partition coefficient (Wildman–Crippen LogP) is 2.72. The fourth-order valence-corrected chi connectivity index (χ4v) is 3.60. The van der Waals surface area contributed by atoms with Crippen LogP contribution in [0.4, 0.5) is 5.95 Å². The molecule has 5 nitrogen and oxygen atoms in total. The van der Waals surface area contributed by atoms with Crippen molar-refractivity contribution in [3.63, 3.8) is 0 Å². The third kappa shape index (κ3) is 3.82. The van der Waals surface area contributed by atoms with Gasteiger partial charge in [-0.3, -0.25) is 4.90 Å². The number of aromatic nitrogens is 2. The second-order valence-corrected chi connectivity index (χ2v) is 6.59. The maximum Gasteiger partial charge on any atom is 0.222 e. The van der Waals surface area contributed by atoms with Gasteiger partial charge in [0.2, 0.25) is 5.95 Å². The van der Waals surface area contributed by atoms with Crippen molar-refractivity contribution in [1.29, 1.82) is 0 Å². The van der Waals surface area contributed by atoms with Crippen LogP contribution in [0, 0.1) is 6.92 Å². The smallest absolute Gasteiger partial charge is 0.222 e. The number of anilines is 1. The minimum Gasteiger partial charge on any atom is -0.376 e. The molecular weight excluding hydrogens is 296 g/mol. The predicted molar refractivity (Wildman–Crippen MR) is 89.3 cm³/mol. The molecule has 0 unspecified atom stereocenters. The molecule has 2 atom stereocenters. The highest BCUT2D eigenvalue weighted by Crippen LogP contribution is 2.27. The van der Waals surface area contributed by atoms with Crippen LogP contribution in [-0.4, -0.2) is 47.2 Å². The Morgan fingerprint density at radius 3 is 3.14 bits per heavy atom. The zero-order valence-corrected chi connectivity index (χ0v) is 13.8. The van der Waals surface area contributed by atoms with Crippen LogP contribution in [0.2, 0.25) is 0 Å². The zero-order chi connectivity index (χ0) is 15.4. The van der Waals surface area contributed by atoms with E-state index in [2.05, 4.69) is 44.6 Å². The molecule has 0 saturated carbocycles. The molecule has 2 aromatic rings. The quantitative estimate of drug-likeness (QED) is 0.918. The van der Waals surface area contributed by atoms with E-state index in [1.54, 1.807) is 17.5 Å². The Balaban J connectivity index is 1.71. The van der Waals surface area contributed by atoms with E-state index in [4.69, 9.17) is 4.74 Å². The lowest BCUT2D eigenvalue weighted by molar-refractivity contribution is -0.0322. The van der Waals surface area contributed by atoms with Gasteiger partial charge < -0.3 is 10.1 Å². The third-order valence-corrected chi connectivity index (χ3v) is 4.81. The lowest BCUT2D eigenvalue weighted by Gasteiger charge is -2.37. The van der Waals surface area contributed by atoms with Crippen LogP contribution in [0.1, 0.15) is 23.5 Å². The van der Waals surface area contributed by atoms with Crippen molar-refractivity contribution in [3.8, 4) is 0 Å². The van der Waals surface area contributed by atoms with Gasteiger partial charge in [-0.15, -0.1) is 11.3 Å². The molecule has 0 amide bonds. The van der Waals surface area contributed by atoms with Gasteiger partial charge in [-0.25, -0.2) is 9.97 Å². The molecule has 1 fully saturated rings. The van der Waals surface area contributed by atoms with Crippen LogP contribution in [0.3, 0.4) is 0 Å². The van der Waals surface area contributed by atoms with E-state index >= 15 is 0 Å². The van der Waals surface area contributed by atoms with Crippen LogP contribution in [-0.2, 0) is 4.74 Å². The maximum atomic E-state index is 5.67. The summed E-state index contributed by atoms with van der Waals surface area (Å²) in [5.41, 5.74) is 0.977. The minimum atomic E-state index is 0.284. The zero-order valence-electron chi connectivity index (χ0n) is 13.0. The van der Waals surface area contributed by atoms with E-state index in [1.807, 2.05) is 13.0 Å². The normalized spacial score (nSPS) is 20.7. The van der Waals surface area contributed by atoms with Gasteiger partial charge in [0.25, 0.3) is 0 Å². The maximum absolute atomic E-state index is 5.67. The molecule has 1 saturated heterocycles. The number of thiophene rings is 1. The summed E-state index contributed by atoms with van der Waals surface area (Å²) in [6.45, 7) is 7.63. The summed E-state index contributed by atoms with van der Waals surface area (Å²) in [5.74, 6) is 0.697. The Labute approximate surface area is 135 Å². The van der Waals surface area contributed by atoms with Crippen molar-refractivity contribution in [2.75, 3.05) is 31.6 Å². The van der Waals surface area contributed by atoms with Gasteiger partial charge in [0.1, 0.15) is 0 Å². The molecular formula is C16H22N4OS. The monoisotopic (exact) mass is 318 g/mol. The van der Waals surface area contributed by atoms with E-state index in [1.165, 1.54) is 4.88 Å². The first kappa shape index (κ1) is 15.4. The molecule has 0 spiro atoms. The molecule has 3 heterocycles. The molecule has 0 aromatic carbocycles. The van der Waals surface area contributed by atoms with Gasteiger partial charge in [0.15, 0.2) is 0 Å². The summed E-state index contributed by atoms with van der Waals surface area (Å²) < 4.78 is 5.67. The van der Waals surface area contributed by atoms with Gasteiger partial charge in [0, 0.05) is 36.4 Å². The largest absolute Gasteiger partial charge is 0.376 e. The van der Waals surface area contributed by atoms with E-state index in [0.29, 0.717) is 12.0 Å². The van der Waals surface area contributed by atoms with Gasteiger partial charge in [-0.05, 0) is 31.4 Å². The first-order valence-electron chi connectivity index (χ1n) is 7.65. The van der Waals surface area contributed by atoms with Crippen LogP contribution in [0.25, 0.3) is 0 Å². The van der Waals surface area contributed by atoms with Crippen molar-refractivity contribution in [2.24, 2.45) is 0 Å². The third-order valence-electron chi connectivity index (χ3n) is 3.83. The van der Waals surface area contributed by atoms with Crippen LogP contribution in [0.15, 0.2) is 29.8 Å². The number of aryl methyl sites for hydroxylation is 1. The Hall–Kier alpha value is -1.50. The average molecular weight is 318 g/mol. The average Bonchev–Trinajstić information content (AvgIpc) is 3.02. The molecule has 6 heteroatoms. The summed E-state index contributed by atoms with van der Waals surface area (Å²) >= 11 is 1.80. The van der Waals surface area contributed by atoms with E-state index in [0.717, 1.165) is 31.9 Å². The molecule has 2 aromatic heterocycles. The summed E-state index contributed by atoms with van der Waals surface area (Å²) in [7, 11) is 0. The molecule has 0 bridgehead atoms. The lowest BCUT2D eigenvalue weighted by atomic mass is 10.1. The lowest BCUT2D eigenvalue weighted by Crippen LogP contribution is -2.44. The summed E-state index contributed by atoms with van der Waals surface area (Å²) in [6, 6.07) is 6.55. The number of hydrogen-bond acceptors (Lipinski definition) is 6. The molecule has 0 aliphatic carbocycles. The Bertz CT molecular complexity index is 590. The summed E-state index contributed by atoms with van der Waals surface area (Å²) in [4.78, 5) is 12.6. The van der Waals surface area contributed by atoms with Crippen molar-refractivity contribution in [3.05, 3.63) is 40.3 Å². The number of nitrogens with one attached hydrogen (secondary N) is 1. The SMILES string of the molecule is Cc1ccnc(NC[C@H](c2cccs2)N2CCO[C@H](C)C2)n1. The molecule has 22 heavy (non-hydrogen) atoms. The molecule has 1 aliphatic heterocycles. The molecule has 0 radical (unpaired) electrons. The van der Waals surface area contributed by atoms with Gasteiger partial charge in [-0.2, -0.15) is 0 Å². The molecule has 3 rings (SSSR count). The molecule has 1 N–H and O–H groups in total. The van der Waals surface area contributed by atoms with Gasteiger partial charge in [0.05, 0.1) is 18.8 Å². The number of morpholine rings is 1. The highest BCUT2D eigenvalue weighted by atomic mass is 32.1. The van der Waals surface area contributed by atoms with E-state index in [-0.39, 0.29) is 6.10 Å². The number of rotatable bonds is 5. The summed E-state index contributed by atoms with van der Waals surface area (Å²) in [6.07, 6.45) is 2.08. The van der Waals surface area contributed by atoms with Crippen LogP contribution >= 0.6 is 11.3 Å². The van der Waals surface area contributed by atoms with Crippen molar-refractivity contribution in [2.45, 2.75) is 26.0 Å². The summed E-state index contributed by atoms with van der Waals surface area (Å²) in [5, 5.41) is 5.52. The highest BCUT2D eigenvalue weighted by Gasteiger charge is 2.26. The second kappa shape index (κ2) is 7.17. The Morgan fingerprint density at radius 2 is 2.41 bits per heavy atom. The van der Waals surface area contributed by atoms with Crippen molar-refractivity contribution in [1.82, 2.24) is 14.9 Å². The fourth-order valence-electron chi connectivity index (χ4n) is 2.74. The Morgan fingerprint density at radius 1 is 1.50 bits per heavy atom. The fraction of sp³-hybridized carbons (Fsp3) is 0.500. The van der Waals surface area contributed by atoms with Crippen LogP contribution in [0.5, 0.6) is 0 Å². The number of hydrogen-bond donors (Lipinski definition) is 1. The van der Waals surface area contributed by atoms with Crippen molar-refractivity contribution < 1.29 is 4.74 Å². The first-order chi connectivity index (χ1) is 10.7. The van der Waals surface area contributed by atoms with Gasteiger partial charge in [-0.1, -0.05) is 6.07 Å². The minimum absolute atomic E-state index is 0.284. The standard InChI is InChI=1S/C16H22N4OS/c1-12-5-6-17-16(19-12)18-10-14(15-4-3-9-22-15)20-7-8-21-13(2)11-20/h3-6,9,13-14H,7-8,10-11H2,1-2H3,(H,17,18,19)/t13-,14-/m1/s1. The van der Waals surface area contributed by atoms with Crippen molar-refractivity contribution >= 4 is 17.3 Å². The van der Waals surface area contributed by atoms with E-state index < -0.39 is 0 Å². The van der Waals surface area contributed by atoms with Gasteiger partial charge >= 0.3 is 0 Å². The van der Waals surface area contributed by atoms with E-state index in [9.17, 15) is 0 Å². The van der Waals surface area contributed by atoms with Crippen LogP contribution < -0.4 is 5.32 Å². The number of nitrogens with zero attached hydrogens (tertiary/aromatic N) is 3.